The molecule has 1 heteroatoms. The fourth-order valence-corrected chi connectivity index (χ4v) is 2.90. The monoisotopic (exact) mass is 259 g/mol. The van der Waals surface area contributed by atoms with Crippen LogP contribution in [0.2, 0.25) is 0 Å². The maximum absolute atomic E-state index is 4.12. The van der Waals surface area contributed by atoms with Crippen molar-refractivity contribution in [2.45, 2.75) is 52.9 Å². The van der Waals surface area contributed by atoms with Crippen LogP contribution in [0.1, 0.15) is 52.9 Å². The van der Waals surface area contributed by atoms with Crippen molar-refractivity contribution in [2.75, 3.05) is 7.05 Å². The molecule has 0 radical (unpaired) electrons. The van der Waals surface area contributed by atoms with Gasteiger partial charge in [0.1, 0.15) is 0 Å². The van der Waals surface area contributed by atoms with E-state index in [0.29, 0.717) is 0 Å². The first-order chi connectivity index (χ1) is 9.01. The Morgan fingerprint density at radius 1 is 1.21 bits per heavy atom. The first kappa shape index (κ1) is 15.8. The number of rotatable bonds is 6. The number of hydrogen-bond acceptors (Lipinski definition) is 1. The van der Waals surface area contributed by atoms with Crippen LogP contribution in [0.25, 0.3) is 0 Å². The van der Waals surface area contributed by atoms with Gasteiger partial charge in [0.25, 0.3) is 0 Å². The molecule has 0 unspecified atom stereocenters. The predicted octanol–water partition coefficient (Wildman–Crippen LogP) is 5.14. The van der Waals surface area contributed by atoms with Gasteiger partial charge in [-0.25, -0.2) is 0 Å². The Bertz CT molecular complexity index is 403. The minimum absolute atomic E-state index is 0.735. The van der Waals surface area contributed by atoms with Gasteiger partial charge in [0.15, 0.2) is 0 Å². The zero-order valence-electron chi connectivity index (χ0n) is 13.1. The molecule has 0 aromatic carbocycles. The van der Waals surface area contributed by atoms with Crippen molar-refractivity contribution in [3.05, 3.63) is 47.2 Å². The summed E-state index contributed by atoms with van der Waals surface area (Å²) in [7, 11) is 1.95. The molecule has 0 saturated heterocycles. The molecule has 0 aromatic heterocycles. The summed E-state index contributed by atoms with van der Waals surface area (Å²) >= 11 is 0. The summed E-state index contributed by atoms with van der Waals surface area (Å²) in [5, 5.41) is 3.17. The van der Waals surface area contributed by atoms with Crippen molar-refractivity contribution in [1.29, 1.82) is 0 Å². The van der Waals surface area contributed by atoms with Crippen molar-refractivity contribution >= 4 is 0 Å². The minimum Gasteiger partial charge on any atom is -0.392 e. The highest BCUT2D eigenvalue weighted by Crippen LogP contribution is 2.38. The quantitative estimate of drug-likeness (QED) is 0.651. The molecule has 19 heavy (non-hydrogen) atoms. The van der Waals surface area contributed by atoms with Crippen molar-refractivity contribution in [1.82, 2.24) is 5.32 Å². The fourth-order valence-electron chi connectivity index (χ4n) is 2.90. The largest absolute Gasteiger partial charge is 0.392 e. The molecule has 0 atom stereocenters. The van der Waals surface area contributed by atoms with Gasteiger partial charge in [-0.15, -0.1) is 0 Å². The second kappa shape index (κ2) is 7.37. The molecule has 0 aromatic rings. The Hall–Kier alpha value is -1.24. The van der Waals surface area contributed by atoms with Gasteiger partial charge in [-0.3, -0.25) is 0 Å². The average molecular weight is 259 g/mol. The van der Waals surface area contributed by atoms with Crippen LogP contribution in [0.15, 0.2) is 47.2 Å². The summed E-state index contributed by atoms with van der Waals surface area (Å²) in [6.07, 6.45) is 8.62. The van der Waals surface area contributed by atoms with Crippen molar-refractivity contribution in [3.63, 3.8) is 0 Å². The van der Waals surface area contributed by atoms with E-state index in [0.717, 1.165) is 23.6 Å². The zero-order chi connectivity index (χ0) is 14.4. The third kappa shape index (κ3) is 4.12. The molecule has 1 fully saturated rings. The lowest BCUT2D eigenvalue weighted by Crippen LogP contribution is -2.10. The van der Waals surface area contributed by atoms with Gasteiger partial charge in [-0.1, -0.05) is 37.6 Å². The van der Waals surface area contributed by atoms with Crippen LogP contribution in [-0.4, -0.2) is 7.05 Å². The van der Waals surface area contributed by atoms with Gasteiger partial charge in [0, 0.05) is 19.2 Å². The maximum atomic E-state index is 4.12. The molecule has 0 heterocycles. The van der Waals surface area contributed by atoms with Gasteiger partial charge >= 0.3 is 0 Å². The second-order valence-corrected chi connectivity index (χ2v) is 5.64. The first-order valence-electron chi connectivity index (χ1n) is 7.39. The standard InChI is InChI=1S/C18H29N/c1-7-17(16-10-8-9-11-16)18(12-14(4)19-6)15(5)13(2)3/h7,16,19H,2,4,8-12H2,1,3,5-6H3/b17-7-,18-15+. The molecule has 0 aliphatic heterocycles. The average Bonchev–Trinajstić information content (AvgIpc) is 2.91. The highest BCUT2D eigenvalue weighted by atomic mass is 14.8. The summed E-state index contributed by atoms with van der Waals surface area (Å²) in [5.41, 5.74) is 6.52. The van der Waals surface area contributed by atoms with E-state index in [4.69, 9.17) is 0 Å². The van der Waals surface area contributed by atoms with E-state index in [9.17, 15) is 0 Å². The van der Waals surface area contributed by atoms with Crippen molar-refractivity contribution in [3.8, 4) is 0 Å². The lowest BCUT2D eigenvalue weighted by Gasteiger charge is -2.22. The van der Waals surface area contributed by atoms with Gasteiger partial charge in [0.05, 0.1) is 0 Å². The molecule has 0 bridgehead atoms. The Kier molecular flexibility index (Phi) is 6.14. The Morgan fingerprint density at radius 2 is 1.79 bits per heavy atom. The van der Waals surface area contributed by atoms with Gasteiger partial charge in [-0.2, -0.15) is 0 Å². The van der Waals surface area contributed by atoms with E-state index in [1.165, 1.54) is 42.4 Å². The Balaban J connectivity index is 3.10. The molecule has 1 rings (SSSR count). The molecular weight excluding hydrogens is 230 g/mol. The van der Waals surface area contributed by atoms with Crippen LogP contribution in [0.3, 0.4) is 0 Å². The Labute approximate surface area is 119 Å². The van der Waals surface area contributed by atoms with E-state index in [-0.39, 0.29) is 0 Å². The highest BCUT2D eigenvalue weighted by Gasteiger charge is 2.22. The number of hydrogen-bond donors (Lipinski definition) is 1. The Morgan fingerprint density at radius 3 is 2.21 bits per heavy atom. The minimum atomic E-state index is 0.735. The second-order valence-electron chi connectivity index (χ2n) is 5.64. The van der Waals surface area contributed by atoms with E-state index in [2.05, 4.69) is 45.3 Å². The van der Waals surface area contributed by atoms with E-state index in [1.807, 2.05) is 7.05 Å². The SMILES string of the molecule is C=C(CC(/C(=C\C)C1CCCC1)=C(/C)C(=C)C)NC. The molecule has 1 N–H and O–H groups in total. The van der Waals surface area contributed by atoms with Crippen molar-refractivity contribution in [2.24, 2.45) is 5.92 Å². The van der Waals surface area contributed by atoms with Crippen LogP contribution < -0.4 is 5.32 Å². The fraction of sp³-hybridized carbons (Fsp3) is 0.556. The van der Waals surface area contributed by atoms with E-state index in [1.54, 1.807) is 0 Å². The van der Waals surface area contributed by atoms with Crippen molar-refractivity contribution < 1.29 is 0 Å². The molecule has 106 valence electrons. The summed E-state index contributed by atoms with van der Waals surface area (Å²) in [6.45, 7) is 14.7. The van der Waals surface area contributed by atoms with E-state index >= 15 is 0 Å². The molecule has 1 nitrogen and oxygen atoms in total. The first-order valence-corrected chi connectivity index (χ1v) is 7.39. The topological polar surface area (TPSA) is 12.0 Å². The van der Waals surface area contributed by atoms with Gasteiger partial charge < -0.3 is 5.32 Å². The lowest BCUT2D eigenvalue weighted by molar-refractivity contribution is 0.640. The highest BCUT2D eigenvalue weighted by molar-refractivity contribution is 5.45. The third-order valence-electron chi connectivity index (χ3n) is 4.29. The van der Waals surface area contributed by atoms with Crippen LogP contribution in [0.5, 0.6) is 0 Å². The molecular formula is C18H29N. The molecule has 1 aliphatic carbocycles. The summed E-state index contributed by atoms with van der Waals surface area (Å²) in [6, 6.07) is 0. The normalized spacial score (nSPS) is 18.2. The predicted molar refractivity (Wildman–Crippen MR) is 86.0 cm³/mol. The molecule has 1 aliphatic rings. The van der Waals surface area contributed by atoms with Crippen LogP contribution in [0, 0.1) is 5.92 Å². The zero-order valence-corrected chi connectivity index (χ0v) is 13.1. The number of nitrogens with one attached hydrogen (secondary N) is 1. The van der Waals surface area contributed by atoms with Gasteiger partial charge in [-0.05, 0) is 56.3 Å². The van der Waals surface area contributed by atoms with Crippen LogP contribution >= 0.6 is 0 Å². The summed E-state index contributed by atoms with van der Waals surface area (Å²) in [5.74, 6) is 0.735. The molecule has 0 amide bonds. The maximum Gasteiger partial charge on any atom is 0.0122 e. The smallest absolute Gasteiger partial charge is 0.0122 e. The van der Waals surface area contributed by atoms with Gasteiger partial charge in [0.2, 0.25) is 0 Å². The van der Waals surface area contributed by atoms with Crippen LogP contribution in [0.4, 0.5) is 0 Å². The summed E-state index contributed by atoms with van der Waals surface area (Å²) in [4.78, 5) is 0. The third-order valence-corrected chi connectivity index (χ3v) is 4.29. The van der Waals surface area contributed by atoms with Crippen LogP contribution in [-0.2, 0) is 0 Å². The van der Waals surface area contributed by atoms with E-state index < -0.39 is 0 Å². The summed E-state index contributed by atoms with van der Waals surface area (Å²) < 4.78 is 0. The molecule has 1 saturated carbocycles. The molecule has 0 spiro atoms. The number of allylic oxidation sites excluding steroid dienone is 5. The lowest BCUT2D eigenvalue weighted by atomic mass is 9.84.